The Morgan fingerprint density at radius 1 is 1.04 bits per heavy atom. The first kappa shape index (κ1) is 25.3. The Balaban J connectivity index is 3.80. The fourth-order valence-corrected chi connectivity index (χ4v) is 2.35. The van der Waals surface area contributed by atoms with Crippen LogP contribution in [0.4, 0.5) is 0 Å². The molecule has 0 saturated carbocycles. The van der Waals surface area contributed by atoms with E-state index in [2.05, 4.69) is 41.4 Å². The Kier molecular flexibility index (Phi) is 19.3. The van der Waals surface area contributed by atoms with Crippen molar-refractivity contribution in [3.63, 3.8) is 0 Å². The van der Waals surface area contributed by atoms with Gasteiger partial charge in [0, 0.05) is 13.0 Å². The number of aliphatic hydroxyl groups is 1. The van der Waals surface area contributed by atoms with Gasteiger partial charge >= 0.3 is 0 Å². The van der Waals surface area contributed by atoms with E-state index < -0.39 is 6.10 Å². The van der Waals surface area contributed by atoms with E-state index in [-0.39, 0.29) is 19.1 Å². The third-order valence-electron chi connectivity index (χ3n) is 3.89. The predicted molar refractivity (Wildman–Crippen MR) is 111 cm³/mol. The van der Waals surface area contributed by atoms with Gasteiger partial charge < -0.3 is 10.4 Å². The molecule has 0 radical (unpaired) electrons. The summed E-state index contributed by atoms with van der Waals surface area (Å²) in [4.78, 5) is 15.8. The van der Waals surface area contributed by atoms with Crippen molar-refractivity contribution in [2.45, 2.75) is 70.8 Å². The summed E-state index contributed by atoms with van der Waals surface area (Å²) in [6.07, 6.45) is 24.3. The van der Waals surface area contributed by atoms with Crippen LogP contribution in [0.5, 0.6) is 0 Å². The molecule has 27 heavy (non-hydrogen) atoms. The molecule has 0 aliphatic rings. The Morgan fingerprint density at radius 2 is 1.78 bits per heavy atom. The zero-order chi connectivity index (χ0) is 20.0. The van der Waals surface area contributed by atoms with E-state index in [0.29, 0.717) is 19.3 Å². The topological polar surface area (TPSA) is 78.8 Å². The number of carbonyl (C=O) groups excluding carboxylic acids is 1. The Morgan fingerprint density at radius 3 is 2.48 bits per heavy atom. The number of carbonyl (C=O) groups is 1. The van der Waals surface area contributed by atoms with Crippen molar-refractivity contribution < 1.29 is 20.0 Å². The minimum atomic E-state index is -0.423. The zero-order valence-corrected chi connectivity index (χ0v) is 16.7. The molecule has 0 aromatic heterocycles. The molecule has 0 bridgehead atoms. The van der Waals surface area contributed by atoms with Gasteiger partial charge in [-0.3, -0.25) is 10.1 Å². The van der Waals surface area contributed by atoms with E-state index >= 15 is 0 Å². The van der Waals surface area contributed by atoms with Crippen LogP contribution in [0.3, 0.4) is 0 Å². The Hall–Kier alpha value is -1.69. The lowest BCUT2D eigenvalue weighted by atomic mass is 10.1. The van der Waals surface area contributed by atoms with Crippen LogP contribution in [0.25, 0.3) is 0 Å². The number of allylic oxidation sites excluding steroid dienone is 7. The van der Waals surface area contributed by atoms with Crippen molar-refractivity contribution in [2.24, 2.45) is 0 Å². The minimum Gasteiger partial charge on any atom is -0.395 e. The maximum Gasteiger partial charge on any atom is 0.220 e. The molecule has 0 spiro atoms. The lowest BCUT2D eigenvalue weighted by Crippen LogP contribution is -2.26. The summed E-state index contributed by atoms with van der Waals surface area (Å²) in [6, 6.07) is 0. The quantitative estimate of drug-likeness (QED) is 0.112. The number of nitrogens with one attached hydrogen (secondary N) is 1. The molecular formula is C22H37NO4. The number of unbranched alkanes of at least 4 members (excludes halogenated alkanes) is 3. The van der Waals surface area contributed by atoms with Gasteiger partial charge in [-0.25, -0.2) is 4.89 Å². The average Bonchev–Trinajstić information content (AvgIpc) is 2.68. The van der Waals surface area contributed by atoms with Crippen molar-refractivity contribution in [3.05, 3.63) is 48.6 Å². The van der Waals surface area contributed by atoms with Gasteiger partial charge in [0.05, 0.1) is 6.61 Å². The van der Waals surface area contributed by atoms with Crippen LogP contribution in [-0.2, 0) is 9.68 Å². The summed E-state index contributed by atoms with van der Waals surface area (Å²) in [5.41, 5.74) is 0. The van der Waals surface area contributed by atoms with Crippen molar-refractivity contribution in [3.8, 4) is 0 Å². The second-order valence-electron chi connectivity index (χ2n) is 6.33. The first-order valence-corrected chi connectivity index (χ1v) is 10.1. The Labute approximate surface area is 164 Å². The molecular weight excluding hydrogens is 342 g/mol. The summed E-state index contributed by atoms with van der Waals surface area (Å²) in [5.74, 6) is -0.104. The fourth-order valence-electron chi connectivity index (χ4n) is 2.35. The molecule has 0 aromatic rings. The molecule has 0 saturated heterocycles. The number of amides is 1. The van der Waals surface area contributed by atoms with Gasteiger partial charge in [-0.15, -0.1) is 0 Å². The highest BCUT2D eigenvalue weighted by Gasteiger charge is 2.06. The molecule has 1 amide bonds. The van der Waals surface area contributed by atoms with Gasteiger partial charge in [-0.1, -0.05) is 68.4 Å². The highest BCUT2D eigenvalue weighted by atomic mass is 17.1. The maximum atomic E-state index is 11.4. The average molecular weight is 380 g/mol. The molecule has 1 atom stereocenters. The number of rotatable bonds is 17. The summed E-state index contributed by atoms with van der Waals surface area (Å²) >= 11 is 0. The van der Waals surface area contributed by atoms with Gasteiger partial charge in [-0.05, 0) is 38.5 Å². The van der Waals surface area contributed by atoms with Crippen molar-refractivity contribution in [2.75, 3.05) is 13.2 Å². The largest absolute Gasteiger partial charge is 0.395 e. The lowest BCUT2D eigenvalue weighted by Gasteiger charge is -2.08. The van der Waals surface area contributed by atoms with E-state index in [9.17, 15) is 4.79 Å². The monoisotopic (exact) mass is 379 g/mol. The van der Waals surface area contributed by atoms with Crippen molar-refractivity contribution in [1.29, 1.82) is 0 Å². The van der Waals surface area contributed by atoms with E-state index in [1.807, 2.05) is 18.2 Å². The second kappa shape index (κ2) is 20.6. The molecule has 0 fully saturated rings. The van der Waals surface area contributed by atoms with Crippen LogP contribution in [0.1, 0.15) is 64.7 Å². The number of aliphatic hydroxyl groups excluding tert-OH is 1. The first-order chi connectivity index (χ1) is 13.2. The van der Waals surface area contributed by atoms with E-state index in [0.717, 1.165) is 12.8 Å². The second-order valence-corrected chi connectivity index (χ2v) is 6.33. The smallest absolute Gasteiger partial charge is 0.220 e. The third kappa shape index (κ3) is 18.9. The van der Waals surface area contributed by atoms with Gasteiger partial charge in [0.25, 0.3) is 0 Å². The van der Waals surface area contributed by atoms with Crippen molar-refractivity contribution in [1.82, 2.24) is 5.32 Å². The minimum absolute atomic E-state index is 0.0614. The highest BCUT2D eigenvalue weighted by Crippen LogP contribution is 2.06. The number of hydrogen-bond donors (Lipinski definition) is 3. The molecule has 0 rings (SSSR count). The fraction of sp³-hybridized carbons (Fsp3) is 0.591. The molecule has 5 nitrogen and oxygen atoms in total. The van der Waals surface area contributed by atoms with Gasteiger partial charge in [0.15, 0.2) is 0 Å². The summed E-state index contributed by atoms with van der Waals surface area (Å²) in [5, 5.41) is 20.1. The van der Waals surface area contributed by atoms with Gasteiger partial charge in [0.2, 0.25) is 5.91 Å². The van der Waals surface area contributed by atoms with E-state index in [4.69, 9.17) is 10.4 Å². The molecule has 0 aromatic carbocycles. The zero-order valence-electron chi connectivity index (χ0n) is 16.7. The third-order valence-corrected chi connectivity index (χ3v) is 3.89. The van der Waals surface area contributed by atoms with Gasteiger partial charge in [-0.2, -0.15) is 0 Å². The highest BCUT2D eigenvalue weighted by molar-refractivity contribution is 5.75. The first-order valence-electron chi connectivity index (χ1n) is 10.1. The van der Waals surface area contributed by atoms with Crippen LogP contribution < -0.4 is 5.32 Å². The summed E-state index contributed by atoms with van der Waals surface area (Å²) in [7, 11) is 0. The van der Waals surface area contributed by atoms with E-state index in [1.54, 1.807) is 6.08 Å². The van der Waals surface area contributed by atoms with E-state index in [1.165, 1.54) is 25.7 Å². The SMILES string of the molecule is CCCCC/C=C\C/C=C\C/C=C\C=C\[C@H](CCCC(=O)NCCO)OO. The van der Waals surface area contributed by atoms with Crippen LogP contribution >= 0.6 is 0 Å². The molecule has 5 heteroatoms. The molecule has 3 N–H and O–H groups in total. The van der Waals surface area contributed by atoms with Crippen LogP contribution in [-0.4, -0.2) is 35.5 Å². The predicted octanol–water partition coefficient (Wildman–Crippen LogP) is 4.71. The molecule has 0 unspecified atom stereocenters. The Bertz CT molecular complexity index is 455. The molecule has 154 valence electrons. The van der Waals surface area contributed by atoms with Crippen LogP contribution in [0.15, 0.2) is 48.6 Å². The van der Waals surface area contributed by atoms with Crippen LogP contribution in [0, 0.1) is 0 Å². The summed E-state index contributed by atoms with van der Waals surface area (Å²) in [6.45, 7) is 2.43. The molecule has 0 aliphatic heterocycles. The standard InChI is InChI=1S/C22H37NO4/c1-2-3-4-5-6-7-8-9-10-11-12-13-14-16-21(27-26)17-15-18-22(25)23-19-20-24/h6-7,9-10,12-14,16,21,24,26H,2-5,8,11,15,17-20H2,1H3,(H,23,25)/b7-6-,10-9-,13-12-,16-14+/t21-/m1/s1. The molecule has 0 heterocycles. The lowest BCUT2D eigenvalue weighted by molar-refractivity contribution is -0.267. The van der Waals surface area contributed by atoms with Gasteiger partial charge in [0.1, 0.15) is 6.10 Å². The normalized spacial score (nSPS) is 13.4. The molecule has 0 aliphatic carbocycles. The summed E-state index contributed by atoms with van der Waals surface area (Å²) < 4.78 is 0. The van der Waals surface area contributed by atoms with Crippen LogP contribution in [0.2, 0.25) is 0 Å². The maximum absolute atomic E-state index is 11.4. The van der Waals surface area contributed by atoms with Crippen molar-refractivity contribution >= 4 is 5.91 Å². The number of hydrogen-bond acceptors (Lipinski definition) is 4.